The third kappa shape index (κ3) is 12.8. The number of anilines is 3. The zero-order valence-corrected chi connectivity index (χ0v) is 25.1. The number of hydrogen-bond donors (Lipinski definition) is 3. The molecule has 2 aromatic carbocycles. The Kier molecular flexibility index (Phi) is 15.8. The van der Waals surface area contributed by atoms with Crippen molar-refractivity contribution in [3.05, 3.63) is 109 Å². The van der Waals surface area contributed by atoms with Gasteiger partial charge in [-0.3, -0.25) is 20.2 Å². The molecule has 4 aromatic rings. The van der Waals surface area contributed by atoms with Crippen molar-refractivity contribution in [3.63, 3.8) is 0 Å². The molecule has 236 valence electrons. The summed E-state index contributed by atoms with van der Waals surface area (Å²) in [7, 11) is 4.74. The van der Waals surface area contributed by atoms with Gasteiger partial charge in [-0.1, -0.05) is 23.7 Å². The summed E-state index contributed by atoms with van der Waals surface area (Å²) in [6, 6.07) is 12.4. The van der Waals surface area contributed by atoms with Crippen molar-refractivity contribution in [2.24, 2.45) is 0 Å². The van der Waals surface area contributed by atoms with Crippen LogP contribution in [0.3, 0.4) is 0 Å². The van der Waals surface area contributed by atoms with Crippen LogP contribution in [-0.4, -0.2) is 63.1 Å². The van der Waals surface area contributed by atoms with Crippen LogP contribution in [0.5, 0.6) is 0 Å². The Morgan fingerprint density at radius 2 is 1.49 bits per heavy atom. The number of nitro benzene ring substituents is 2. The average Bonchev–Trinajstić information content (AvgIpc) is 3.02. The number of nitrogen functional groups attached to an aromatic ring is 1. The highest BCUT2D eigenvalue weighted by Gasteiger charge is 2.16. The highest BCUT2D eigenvalue weighted by Crippen LogP contribution is 2.23. The summed E-state index contributed by atoms with van der Waals surface area (Å²) in [6.45, 7) is 1.83. The number of ether oxygens (including phenoxy) is 1. The molecule has 0 saturated carbocycles. The topological polar surface area (TPSA) is 248 Å². The maximum absolute atomic E-state index is 11.0. The molecule has 0 aliphatic heterocycles. The number of rotatable bonds is 7. The van der Waals surface area contributed by atoms with Gasteiger partial charge in [0, 0.05) is 50.3 Å². The number of nitrogens with one attached hydrogen (secondary N) is 2. The van der Waals surface area contributed by atoms with Crippen molar-refractivity contribution in [2.75, 3.05) is 37.6 Å². The van der Waals surface area contributed by atoms with Gasteiger partial charge in [0.15, 0.2) is 0 Å². The molecule has 2 aromatic heterocycles. The van der Waals surface area contributed by atoms with Crippen molar-refractivity contribution in [3.8, 4) is 0 Å². The van der Waals surface area contributed by atoms with Crippen LogP contribution in [0.1, 0.15) is 27.2 Å². The van der Waals surface area contributed by atoms with Crippen LogP contribution in [0.15, 0.2) is 61.2 Å². The van der Waals surface area contributed by atoms with E-state index >= 15 is 0 Å². The molecule has 4 rings (SSSR count). The molecule has 17 nitrogen and oxygen atoms in total. The summed E-state index contributed by atoms with van der Waals surface area (Å²) in [5.41, 5.74) is 7.55. The van der Waals surface area contributed by atoms with Crippen LogP contribution in [0, 0.1) is 27.2 Å². The van der Waals surface area contributed by atoms with Crippen molar-refractivity contribution >= 4 is 52.4 Å². The summed E-state index contributed by atoms with van der Waals surface area (Å²) in [5, 5.41) is 27.7. The Morgan fingerprint density at radius 1 is 0.911 bits per heavy atom. The molecule has 0 aliphatic carbocycles. The highest BCUT2D eigenvalue weighted by atomic mass is 35.5. The van der Waals surface area contributed by atoms with Crippen LogP contribution >= 0.6 is 11.6 Å². The van der Waals surface area contributed by atoms with Crippen molar-refractivity contribution in [1.82, 2.24) is 19.9 Å². The second-order valence-electron chi connectivity index (χ2n) is 8.29. The van der Waals surface area contributed by atoms with Gasteiger partial charge in [-0.25, -0.2) is 24.7 Å². The lowest BCUT2D eigenvalue weighted by Gasteiger charge is -2.05. The van der Waals surface area contributed by atoms with E-state index in [1.54, 1.807) is 38.4 Å². The number of carbonyl (C=O) groups excluding carboxylic acids is 3. The molecule has 0 saturated heterocycles. The zero-order chi connectivity index (χ0) is 33.9. The first-order valence-electron chi connectivity index (χ1n) is 12.4. The predicted octanol–water partition coefficient (Wildman–Crippen LogP) is 3.88. The summed E-state index contributed by atoms with van der Waals surface area (Å²) in [5.74, 6) is 0.794. The number of nitro groups is 2. The lowest BCUT2D eigenvalue weighted by molar-refractivity contribution is -0.385. The molecule has 0 unspecified atom stereocenters. The first-order valence-corrected chi connectivity index (χ1v) is 12.8. The average molecular weight is 642 g/mol. The number of halogens is 1. The Balaban J connectivity index is 0.000000342. The van der Waals surface area contributed by atoms with E-state index in [1.807, 2.05) is 13.0 Å². The van der Waals surface area contributed by atoms with Gasteiger partial charge >= 0.3 is 12.1 Å². The minimum absolute atomic E-state index is 0.0163. The molecule has 18 heteroatoms. The second kappa shape index (κ2) is 19.2. The lowest BCUT2D eigenvalue weighted by Crippen LogP contribution is -2.03. The Morgan fingerprint density at radius 3 is 2.00 bits per heavy atom. The van der Waals surface area contributed by atoms with Crippen molar-refractivity contribution < 1.29 is 29.0 Å². The second-order valence-corrected chi connectivity index (χ2v) is 8.68. The summed E-state index contributed by atoms with van der Waals surface area (Å²) >= 11 is 5.53. The minimum atomic E-state index is -0.651. The van der Waals surface area contributed by atoms with Crippen LogP contribution in [-0.2, 0) is 20.7 Å². The minimum Gasteiger partial charge on any atom is -0.465 e. The summed E-state index contributed by atoms with van der Waals surface area (Å²) in [6.07, 6.45) is 3.52. The fourth-order valence-corrected chi connectivity index (χ4v) is 3.38. The third-order valence-electron chi connectivity index (χ3n) is 5.33. The highest BCUT2D eigenvalue weighted by molar-refractivity contribution is 6.29. The Hall–Kier alpha value is -6.06. The molecule has 0 amide bonds. The molecule has 0 bridgehead atoms. The molecule has 4 N–H and O–H groups in total. The molecular weight excluding hydrogens is 614 g/mol. The van der Waals surface area contributed by atoms with Gasteiger partial charge in [0.05, 0.1) is 28.2 Å². The van der Waals surface area contributed by atoms with Crippen molar-refractivity contribution in [1.29, 1.82) is 0 Å². The van der Waals surface area contributed by atoms with E-state index in [-0.39, 0.29) is 33.7 Å². The van der Waals surface area contributed by atoms with Gasteiger partial charge in [0.25, 0.3) is 11.4 Å². The Labute approximate surface area is 261 Å². The fraction of sp³-hybridized carbons (Fsp3) is 0.185. The van der Waals surface area contributed by atoms with E-state index in [2.05, 4.69) is 35.3 Å². The predicted molar refractivity (Wildman–Crippen MR) is 163 cm³/mol. The van der Waals surface area contributed by atoms with Crippen LogP contribution in [0.25, 0.3) is 0 Å². The molecule has 45 heavy (non-hydrogen) atoms. The molecular formula is C27H28ClN9O8. The molecule has 0 atom stereocenters. The summed E-state index contributed by atoms with van der Waals surface area (Å²) in [4.78, 5) is 63.5. The van der Waals surface area contributed by atoms with Gasteiger partial charge in [-0.2, -0.15) is 9.59 Å². The number of methoxy groups -OCH3 is 1. The Bertz CT molecular complexity index is 1650. The van der Waals surface area contributed by atoms with Gasteiger partial charge < -0.3 is 21.1 Å². The molecule has 2 heterocycles. The number of aryl methyl sites for hydroxylation is 1. The number of hydrogen-bond acceptors (Lipinski definition) is 15. The largest absolute Gasteiger partial charge is 0.465 e. The number of carbonyl (C=O) groups is 1. The fourth-order valence-electron chi connectivity index (χ4n) is 3.24. The number of benzene rings is 2. The van der Waals surface area contributed by atoms with Crippen LogP contribution < -0.4 is 16.4 Å². The van der Waals surface area contributed by atoms with E-state index in [0.717, 1.165) is 23.1 Å². The number of esters is 1. The molecule has 0 fully saturated rings. The normalized spacial score (nSPS) is 9.27. The number of nitrogens with two attached hydrogens (primary N) is 1. The smallest absolute Gasteiger partial charge is 0.373 e. The SMILES string of the molecule is CNc1cc(Cc2ccc(C)cc2[N+](=O)[O-])ncn1.CNc1cc(Cl)ncn1.COC(=O)c1ccc(N)c([N+](=O)[O-])c1.O=C=O. The monoisotopic (exact) mass is 641 g/mol. The van der Waals surface area contributed by atoms with E-state index in [9.17, 15) is 25.0 Å². The van der Waals surface area contributed by atoms with Crippen LogP contribution in [0.4, 0.5) is 28.7 Å². The molecule has 0 radical (unpaired) electrons. The van der Waals surface area contributed by atoms with E-state index in [1.165, 1.54) is 31.9 Å². The van der Waals surface area contributed by atoms with Gasteiger partial charge in [0.1, 0.15) is 35.1 Å². The maximum atomic E-state index is 11.0. The number of aromatic nitrogens is 4. The van der Waals surface area contributed by atoms with E-state index in [4.69, 9.17) is 26.9 Å². The zero-order valence-electron chi connectivity index (χ0n) is 24.4. The molecule has 0 spiro atoms. The quantitative estimate of drug-likeness (QED) is 0.0851. The number of nitrogens with zero attached hydrogens (tertiary/aromatic N) is 6. The molecule has 0 aliphatic rings. The third-order valence-corrected chi connectivity index (χ3v) is 5.53. The van der Waals surface area contributed by atoms with E-state index < -0.39 is 10.9 Å². The van der Waals surface area contributed by atoms with Gasteiger partial charge in [-0.05, 0) is 24.6 Å². The van der Waals surface area contributed by atoms with Gasteiger partial charge in [0.2, 0.25) is 0 Å². The first kappa shape index (κ1) is 37.0. The maximum Gasteiger partial charge on any atom is 0.373 e. The first-order chi connectivity index (χ1) is 21.4. The van der Waals surface area contributed by atoms with Crippen LogP contribution in [0.2, 0.25) is 5.15 Å². The standard InChI is InChI=1S/C13H14N4O2.C8H8N2O4.C5H6ClN3.CO2/c1-9-3-4-10(12(5-9)17(18)19)6-11-7-13(14-2)16-8-15-11;1-14-8(11)5-2-3-6(9)7(4-5)10(12)13;1-7-5-2-4(6)8-3-9-5;2-1-3/h3-5,7-8H,6H2,1-2H3,(H,14,15,16);2-4H,9H2,1H3;2-3H,1H3,(H,7,8,9);. The van der Waals surface area contributed by atoms with E-state index in [0.29, 0.717) is 23.0 Å². The van der Waals surface area contributed by atoms with Crippen molar-refractivity contribution in [2.45, 2.75) is 13.3 Å². The lowest BCUT2D eigenvalue weighted by atomic mass is 10.1. The van der Waals surface area contributed by atoms with Gasteiger partial charge in [-0.15, -0.1) is 0 Å². The summed E-state index contributed by atoms with van der Waals surface area (Å²) < 4.78 is 4.41.